The molecule has 0 atom stereocenters. The lowest BCUT2D eigenvalue weighted by molar-refractivity contribution is -0.146. The van der Waals surface area contributed by atoms with E-state index in [1.165, 1.54) is 37.4 Å². The van der Waals surface area contributed by atoms with Gasteiger partial charge in [-0.25, -0.2) is 13.2 Å². The number of morpholine rings is 1. The average Bonchev–Trinajstić information content (AvgIpc) is 2.61. The minimum Gasteiger partial charge on any atom is -0.467 e. The fourth-order valence-electron chi connectivity index (χ4n) is 2.61. The standard InChI is InChI=1S/C17H24N2O6S/c1-12-5-6-13(15(20)18-17(2,3)16(21)24-4)11-14(12)26(22,23)19-7-9-25-10-8-19/h5-6,11H,7-10H2,1-4H3,(H,18,20). The number of methoxy groups -OCH3 is 1. The summed E-state index contributed by atoms with van der Waals surface area (Å²) in [5, 5.41) is 2.56. The van der Waals surface area contributed by atoms with E-state index in [1.807, 2.05) is 0 Å². The topological polar surface area (TPSA) is 102 Å². The first-order chi connectivity index (χ1) is 12.1. The fourth-order valence-corrected chi connectivity index (χ4v) is 4.27. The number of nitrogens with zero attached hydrogens (tertiary/aromatic N) is 1. The van der Waals surface area contributed by atoms with Crippen molar-refractivity contribution in [2.24, 2.45) is 0 Å². The Hall–Kier alpha value is -1.97. The van der Waals surface area contributed by atoms with Crippen molar-refractivity contribution >= 4 is 21.9 Å². The zero-order chi connectivity index (χ0) is 19.5. The van der Waals surface area contributed by atoms with E-state index in [-0.39, 0.29) is 23.5 Å². The number of aryl methyl sites for hydroxylation is 1. The summed E-state index contributed by atoms with van der Waals surface area (Å²) in [6.07, 6.45) is 0. The van der Waals surface area contributed by atoms with Crippen LogP contribution in [0.25, 0.3) is 0 Å². The summed E-state index contributed by atoms with van der Waals surface area (Å²) in [6.45, 7) is 5.92. The van der Waals surface area contributed by atoms with Crippen LogP contribution in [0.1, 0.15) is 29.8 Å². The summed E-state index contributed by atoms with van der Waals surface area (Å²) < 4.78 is 37.0. The van der Waals surface area contributed by atoms with Crippen molar-refractivity contribution in [1.82, 2.24) is 9.62 Å². The Morgan fingerprint density at radius 2 is 1.85 bits per heavy atom. The number of benzene rings is 1. The van der Waals surface area contributed by atoms with Gasteiger partial charge >= 0.3 is 5.97 Å². The molecule has 2 rings (SSSR count). The number of carbonyl (C=O) groups is 2. The van der Waals surface area contributed by atoms with Gasteiger partial charge in [0, 0.05) is 18.7 Å². The van der Waals surface area contributed by atoms with Crippen LogP contribution in [0.4, 0.5) is 0 Å². The molecule has 1 aliphatic rings. The van der Waals surface area contributed by atoms with E-state index in [0.717, 1.165) is 0 Å². The van der Waals surface area contributed by atoms with Gasteiger partial charge in [0.05, 0.1) is 25.2 Å². The smallest absolute Gasteiger partial charge is 0.330 e. The largest absolute Gasteiger partial charge is 0.467 e. The number of sulfonamides is 1. The first kappa shape index (κ1) is 20.3. The second kappa shape index (κ2) is 7.73. The zero-order valence-electron chi connectivity index (χ0n) is 15.4. The maximum absolute atomic E-state index is 12.9. The number of esters is 1. The Morgan fingerprint density at radius 3 is 2.42 bits per heavy atom. The molecule has 1 aromatic carbocycles. The normalized spacial score (nSPS) is 16.2. The molecule has 0 bridgehead atoms. The van der Waals surface area contributed by atoms with Gasteiger partial charge in [-0.15, -0.1) is 0 Å². The Kier molecular flexibility index (Phi) is 6.05. The molecule has 0 aromatic heterocycles. The third kappa shape index (κ3) is 4.22. The van der Waals surface area contributed by atoms with Crippen molar-refractivity contribution in [2.75, 3.05) is 33.4 Å². The maximum Gasteiger partial charge on any atom is 0.330 e. The quantitative estimate of drug-likeness (QED) is 0.750. The highest BCUT2D eigenvalue weighted by molar-refractivity contribution is 7.89. The summed E-state index contributed by atoms with van der Waals surface area (Å²) in [4.78, 5) is 24.3. The molecule has 0 spiro atoms. The zero-order valence-corrected chi connectivity index (χ0v) is 16.2. The minimum absolute atomic E-state index is 0.0722. The van der Waals surface area contributed by atoms with Crippen molar-refractivity contribution in [3.63, 3.8) is 0 Å². The third-order valence-corrected chi connectivity index (χ3v) is 6.20. The van der Waals surface area contributed by atoms with Crippen LogP contribution < -0.4 is 5.32 Å². The number of rotatable bonds is 5. The highest BCUT2D eigenvalue weighted by Crippen LogP contribution is 2.22. The molecule has 1 fully saturated rings. The van der Waals surface area contributed by atoms with Crippen LogP contribution in [0.15, 0.2) is 23.1 Å². The number of nitrogens with one attached hydrogen (secondary N) is 1. The Morgan fingerprint density at radius 1 is 1.23 bits per heavy atom. The molecular formula is C17H24N2O6S. The minimum atomic E-state index is -3.73. The third-order valence-electron chi connectivity index (χ3n) is 4.16. The van der Waals surface area contributed by atoms with Crippen molar-refractivity contribution < 1.29 is 27.5 Å². The van der Waals surface area contributed by atoms with Crippen LogP contribution in [0.3, 0.4) is 0 Å². The van der Waals surface area contributed by atoms with Crippen molar-refractivity contribution in [3.05, 3.63) is 29.3 Å². The molecule has 0 aliphatic carbocycles. The van der Waals surface area contributed by atoms with Crippen LogP contribution >= 0.6 is 0 Å². The molecule has 1 aliphatic heterocycles. The molecule has 8 nitrogen and oxygen atoms in total. The van der Waals surface area contributed by atoms with Crippen LogP contribution in [0, 0.1) is 6.92 Å². The summed E-state index contributed by atoms with van der Waals surface area (Å²) in [5.74, 6) is -1.15. The summed E-state index contributed by atoms with van der Waals surface area (Å²) in [6, 6.07) is 4.44. The number of carbonyl (C=O) groups excluding carboxylic acids is 2. The fraction of sp³-hybridized carbons (Fsp3) is 0.529. The predicted molar refractivity (Wildman–Crippen MR) is 94.3 cm³/mol. The van der Waals surface area contributed by atoms with Crippen molar-refractivity contribution in [1.29, 1.82) is 0 Å². The van der Waals surface area contributed by atoms with E-state index in [0.29, 0.717) is 18.8 Å². The highest BCUT2D eigenvalue weighted by Gasteiger charge is 2.32. The number of hydrogen-bond acceptors (Lipinski definition) is 6. The summed E-state index contributed by atoms with van der Waals surface area (Å²) >= 11 is 0. The SMILES string of the molecule is COC(=O)C(C)(C)NC(=O)c1ccc(C)c(S(=O)(=O)N2CCOCC2)c1. The van der Waals surface area contributed by atoms with Crippen LogP contribution in [0.2, 0.25) is 0 Å². The maximum atomic E-state index is 12.9. The molecule has 1 N–H and O–H groups in total. The second-order valence-corrected chi connectivity index (χ2v) is 8.47. The highest BCUT2D eigenvalue weighted by atomic mass is 32.2. The van der Waals surface area contributed by atoms with E-state index in [9.17, 15) is 18.0 Å². The van der Waals surface area contributed by atoms with Gasteiger partial charge in [0.1, 0.15) is 5.54 Å². The molecule has 1 saturated heterocycles. The Bertz CT molecular complexity index is 797. The molecule has 0 unspecified atom stereocenters. The molecule has 26 heavy (non-hydrogen) atoms. The molecule has 144 valence electrons. The first-order valence-electron chi connectivity index (χ1n) is 8.19. The Labute approximate surface area is 153 Å². The van der Waals surface area contributed by atoms with Gasteiger partial charge in [-0.1, -0.05) is 6.07 Å². The molecular weight excluding hydrogens is 360 g/mol. The predicted octanol–water partition coefficient (Wildman–Crippen LogP) is 0.697. The van der Waals surface area contributed by atoms with E-state index in [4.69, 9.17) is 4.74 Å². The molecule has 0 saturated carbocycles. The lowest BCUT2D eigenvalue weighted by Gasteiger charge is -2.27. The lowest BCUT2D eigenvalue weighted by Crippen LogP contribution is -2.50. The number of ether oxygens (including phenoxy) is 2. The second-order valence-electron chi connectivity index (χ2n) is 6.57. The van der Waals surface area contributed by atoms with Crippen molar-refractivity contribution in [3.8, 4) is 0 Å². The first-order valence-corrected chi connectivity index (χ1v) is 9.63. The molecule has 1 heterocycles. The van der Waals surface area contributed by atoms with Gasteiger partial charge in [0.2, 0.25) is 10.0 Å². The van der Waals surface area contributed by atoms with E-state index >= 15 is 0 Å². The van der Waals surface area contributed by atoms with E-state index in [2.05, 4.69) is 10.1 Å². The monoisotopic (exact) mass is 384 g/mol. The average molecular weight is 384 g/mol. The van der Waals surface area contributed by atoms with Gasteiger partial charge in [-0.05, 0) is 38.5 Å². The van der Waals surface area contributed by atoms with Crippen molar-refractivity contribution in [2.45, 2.75) is 31.2 Å². The summed E-state index contributed by atoms with van der Waals surface area (Å²) in [7, 11) is -2.50. The Balaban J connectivity index is 2.32. The summed E-state index contributed by atoms with van der Waals surface area (Å²) in [5.41, 5.74) is -0.542. The van der Waals surface area contributed by atoms with E-state index < -0.39 is 27.4 Å². The van der Waals surface area contributed by atoms with Crippen LogP contribution in [0.5, 0.6) is 0 Å². The molecule has 1 aromatic rings. The molecule has 0 radical (unpaired) electrons. The van der Waals surface area contributed by atoms with Gasteiger partial charge in [0.25, 0.3) is 5.91 Å². The van der Waals surface area contributed by atoms with Crippen LogP contribution in [-0.2, 0) is 24.3 Å². The van der Waals surface area contributed by atoms with Gasteiger partial charge in [-0.3, -0.25) is 4.79 Å². The lowest BCUT2D eigenvalue weighted by atomic mass is 10.0. The molecule has 1 amide bonds. The van der Waals surface area contributed by atoms with Crippen LogP contribution in [-0.4, -0.2) is 63.6 Å². The number of amides is 1. The number of hydrogen-bond donors (Lipinski definition) is 1. The van der Waals surface area contributed by atoms with Gasteiger partial charge < -0.3 is 14.8 Å². The van der Waals surface area contributed by atoms with E-state index in [1.54, 1.807) is 13.0 Å². The molecule has 9 heteroatoms. The van der Waals surface area contributed by atoms with Gasteiger partial charge in [-0.2, -0.15) is 4.31 Å². The van der Waals surface area contributed by atoms with Gasteiger partial charge in [0.15, 0.2) is 0 Å².